The molecule has 168 valence electrons. The number of carbonyl (C=O) groups is 1. The molecule has 1 aromatic rings. The lowest BCUT2D eigenvalue weighted by Gasteiger charge is -2.27. The van der Waals surface area contributed by atoms with Gasteiger partial charge in [-0.25, -0.2) is 0 Å². The van der Waals surface area contributed by atoms with Crippen LogP contribution < -0.4 is 10.2 Å². The molecule has 7 nitrogen and oxygen atoms in total. The van der Waals surface area contributed by atoms with Crippen molar-refractivity contribution >= 4 is 17.5 Å². The van der Waals surface area contributed by atoms with Crippen LogP contribution in [-0.2, 0) is 14.9 Å². The predicted molar refractivity (Wildman–Crippen MR) is 119 cm³/mol. The minimum absolute atomic E-state index is 0.177. The highest BCUT2D eigenvalue weighted by molar-refractivity contribution is 6.07. The van der Waals surface area contributed by atoms with E-state index in [0.717, 1.165) is 61.0 Å². The summed E-state index contributed by atoms with van der Waals surface area (Å²) >= 11 is 0. The molecule has 2 aliphatic carbocycles. The second kappa shape index (κ2) is 7.41. The van der Waals surface area contributed by atoms with E-state index in [9.17, 15) is 4.79 Å². The van der Waals surface area contributed by atoms with Gasteiger partial charge in [-0.05, 0) is 76.2 Å². The Balaban J connectivity index is 1.08. The van der Waals surface area contributed by atoms with Crippen LogP contribution in [0.15, 0.2) is 6.07 Å². The van der Waals surface area contributed by atoms with Crippen molar-refractivity contribution in [2.45, 2.75) is 69.9 Å². The fraction of sp³-hybridized carbons (Fsp3) is 0.792. The molecule has 0 spiro atoms. The summed E-state index contributed by atoms with van der Waals surface area (Å²) in [4.78, 5) is 17.6. The Kier molecular flexibility index (Phi) is 4.76. The molecule has 7 heteroatoms. The molecular formula is C24H35N5O2. The Morgan fingerprint density at radius 3 is 2.48 bits per heavy atom. The first-order chi connectivity index (χ1) is 15.0. The van der Waals surface area contributed by atoms with Crippen molar-refractivity contribution in [1.82, 2.24) is 15.1 Å². The first-order valence-electron chi connectivity index (χ1n) is 12.3. The van der Waals surface area contributed by atoms with Gasteiger partial charge in [0, 0.05) is 50.5 Å². The van der Waals surface area contributed by atoms with E-state index in [1.165, 1.54) is 45.3 Å². The first kappa shape index (κ1) is 19.9. The Morgan fingerprint density at radius 1 is 1.10 bits per heavy atom. The summed E-state index contributed by atoms with van der Waals surface area (Å²) in [7, 11) is 0. The van der Waals surface area contributed by atoms with Crippen LogP contribution in [0.3, 0.4) is 0 Å². The summed E-state index contributed by atoms with van der Waals surface area (Å²) in [5, 5.41) is 12.7. The Morgan fingerprint density at radius 2 is 1.81 bits per heavy atom. The quantitative estimate of drug-likeness (QED) is 0.782. The average molecular weight is 426 g/mol. The molecule has 0 radical (unpaired) electrons. The van der Waals surface area contributed by atoms with E-state index in [1.54, 1.807) is 0 Å². The third-order valence-electron chi connectivity index (χ3n) is 8.38. The molecule has 2 saturated heterocycles. The molecule has 1 N–H and O–H groups in total. The van der Waals surface area contributed by atoms with E-state index in [4.69, 9.17) is 4.74 Å². The van der Waals surface area contributed by atoms with Crippen LogP contribution in [0.4, 0.5) is 11.6 Å². The summed E-state index contributed by atoms with van der Waals surface area (Å²) in [5.41, 5.74) is 0.518. The second-order valence-electron chi connectivity index (χ2n) is 11.1. The minimum atomic E-state index is -0.513. The zero-order valence-corrected chi connectivity index (χ0v) is 18.8. The highest BCUT2D eigenvalue weighted by atomic mass is 16.5. The van der Waals surface area contributed by atoms with E-state index in [0.29, 0.717) is 12.1 Å². The maximum absolute atomic E-state index is 13.0. The SMILES string of the molecule is CC1(C)C(=O)N(C2CC2)c2nnc(NC3C[C@@H]4CN(CC5CCOCC5)C[C@@H]4C3)cc21. The number of hydrogen-bond donors (Lipinski definition) is 1. The molecule has 1 aromatic heterocycles. The second-order valence-corrected chi connectivity index (χ2v) is 11.1. The summed E-state index contributed by atoms with van der Waals surface area (Å²) in [6, 6.07) is 2.89. The number of amides is 1. The summed E-state index contributed by atoms with van der Waals surface area (Å²) < 4.78 is 5.52. The van der Waals surface area contributed by atoms with Gasteiger partial charge in [-0.15, -0.1) is 10.2 Å². The lowest BCUT2D eigenvalue weighted by Crippen LogP contribution is -2.37. The number of fused-ring (bicyclic) bond motifs is 2. The molecular weight excluding hydrogens is 390 g/mol. The van der Waals surface area contributed by atoms with E-state index < -0.39 is 5.41 Å². The van der Waals surface area contributed by atoms with Gasteiger partial charge in [-0.2, -0.15) is 0 Å². The average Bonchev–Trinajstić information content (AvgIpc) is 3.37. The molecule has 6 rings (SSSR count). The molecule has 1 amide bonds. The van der Waals surface area contributed by atoms with Crippen LogP contribution in [-0.4, -0.2) is 65.9 Å². The lowest BCUT2D eigenvalue weighted by molar-refractivity contribution is -0.122. The van der Waals surface area contributed by atoms with Crippen LogP contribution in [0.25, 0.3) is 0 Å². The van der Waals surface area contributed by atoms with Crippen molar-refractivity contribution in [2.75, 3.05) is 43.1 Å². The fourth-order valence-electron chi connectivity index (χ4n) is 6.44. The smallest absolute Gasteiger partial charge is 0.238 e. The van der Waals surface area contributed by atoms with Crippen LogP contribution in [0, 0.1) is 17.8 Å². The fourth-order valence-corrected chi connectivity index (χ4v) is 6.44. The van der Waals surface area contributed by atoms with Gasteiger partial charge in [0.2, 0.25) is 5.91 Å². The Hall–Kier alpha value is -1.73. The summed E-state index contributed by atoms with van der Waals surface area (Å²) in [6.07, 6.45) is 7.04. The maximum atomic E-state index is 13.0. The van der Waals surface area contributed by atoms with E-state index >= 15 is 0 Å². The predicted octanol–water partition coefficient (Wildman–Crippen LogP) is 2.81. The van der Waals surface area contributed by atoms with E-state index in [-0.39, 0.29) is 5.91 Å². The normalized spacial score (nSPS) is 33.0. The van der Waals surface area contributed by atoms with Crippen LogP contribution in [0.1, 0.15) is 57.9 Å². The number of nitrogens with zero attached hydrogens (tertiary/aromatic N) is 4. The zero-order chi connectivity index (χ0) is 21.2. The Bertz CT molecular complexity index is 850. The molecule has 2 saturated carbocycles. The van der Waals surface area contributed by atoms with Gasteiger partial charge < -0.3 is 15.0 Å². The van der Waals surface area contributed by atoms with Gasteiger partial charge in [-0.1, -0.05) is 0 Å². The molecule has 3 atom stereocenters. The number of nitrogens with one attached hydrogen (secondary N) is 1. The molecule has 4 heterocycles. The molecule has 0 aromatic carbocycles. The van der Waals surface area contributed by atoms with Crippen molar-refractivity contribution in [3.05, 3.63) is 11.6 Å². The molecule has 5 aliphatic rings. The number of carbonyl (C=O) groups excluding carboxylic acids is 1. The number of hydrogen-bond acceptors (Lipinski definition) is 6. The van der Waals surface area contributed by atoms with Crippen molar-refractivity contribution in [2.24, 2.45) is 17.8 Å². The molecule has 0 bridgehead atoms. The van der Waals surface area contributed by atoms with E-state index in [2.05, 4.69) is 26.5 Å². The lowest BCUT2D eigenvalue weighted by atomic mass is 9.87. The maximum Gasteiger partial charge on any atom is 0.238 e. The zero-order valence-electron chi connectivity index (χ0n) is 18.8. The first-order valence-corrected chi connectivity index (χ1v) is 12.3. The third-order valence-corrected chi connectivity index (χ3v) is 8.38. The topological polar surface area (TPSA) is 70.6 Å². The monoisotopic (exact) mass is 425 g/mol. The third kappa shape index (κ3) is 3.54. The highest BCUT2D eigenvalue weighted by Gasteiger charge is 2.50. The molecule has 1 unspecified atom stereocenters. The number of anilines is 2. The largest absolute Gasteiger partial charge is 0.381 e. The van der Waals surface area contributed by atoms with Crippen molar-refractivity contribution in [3.8, 4) is 0 Å². The summed E-state index contributed by atoms with van der Waals surface area (Å²) in [6.45, 7) is 9.68. The van der Waals surface area contributed by atoms with Gasteiger partial charge in [0.1, 0.15) is 5.82 Å². The van der Waals surface area contributed by atoms with Gasteiger partial charge in [0.25, 0.3) is 0 Å². The standard InChI is InChI=1S/C24H35N5O2/c1-24(2)20-11-21(26-27-22(20)29(23(24)30)19-3-4-19)25-18-9-16-13-28(14-17(16)10-18)12-15-5-7-31-8-6-15/h11,15-19H,3-10,12-14H2,1-2H3,(H,25,26)/t16-,17+,18?. The van der Waals surface area contributed by atoms with Crippen LogP contribution in [0.5, 0.6) is 0 Å². The number of aromatic nitrogens is 2. The van der Waals surface area contributed by atoms with Crippen molar-refractivity contribution < 1.29 is 9.53 Å². The molecule has 4 fully saturated rings. The van der Waals surface area contributed by atoms with Gasteiger partial charge in [0.05, 0.1) is 5.41 Å². The van der Waals surface area contributed by atoms with Crippen molar-refractivity contribution in [3.63, 3.8) is 0 Å². The van der Waals surface area contributed by atoms with E-state index in [1.807, 2.05) is 18.7 Å². The van der Waals surface area contributed by atoms with Gasteiger partial charge in [0.15, 0.2) is 5.82 Å². The number of likely N-dealkylation sites (tertiary alicyclic amines) is 1. The highest BCUT2D eigenvalue weighted by Crippen LogP contribution is 2.46. The van der Waals surface area contributed by atoms with Gasteiger partial charge >= 0.3 is 0 Å². The van der Waals surface area contributed by atoms with Crippen molar-refractivity contribution in [1.29, 1.82) is 0 Å². The Labute approximate surface area is 184 Å². The molecule has 3 aliphatic heterocycles. The molecule has 31 heavy (non-hydrogen) atoms. The summed E-state index contributed by atoms with van der Waals surface area (Å²) in [5.74, 6) is 4.21. The number of ether oxygens (including phenoxy) is 1. The minimum Gasteiger partial charge on any atom is -0.381 e. The van der Waals surface area contributed by atoms with Crippen LogP contribution >= 0.6 is 0 Å². The van der Waals surface area contributed by atoms with Gasteiger partial charge in [-0.3, -0.25) is 9.69 Å². The van der Waals surface area contributed by atoms with Crippen LogP contribution in [0.2, 0.25) is 0 Å². The number of rotatable bonds is 5.